The fourth-order valence-electron chi connectivity index (χ4n) is 1.24. The van der Waals surface area contributed by atoms with Crippen molar-refractivity contribution in [3.8, 4) is 6.07 Å². The first-order valence-electron chi connectivity index (χ1n) is 4.73. The predicted octanol–water partition coefficient (Wildman–Crippen LogP) is 2.10. The third kappa shape index (κ3) is 3.16. The van der Waals surface area contributed by atoms with Crippen molar-refractivity contribution in [1.82, 2.24) is 4.31 Å². The summed E-state index contributed by atoms with van der Waals surface area (Å²) in [6.07, 6.45) is -2.78. The van der Waals surface area contributed by atoms with Crippen LogP contribution in [0.4, 0.5) is 8.78 Å². The van der Waals surface area contributed by atoms with Crippen LogP contribution in [0.3, 0.4) is 0 Å². The minimum Gasteiger partial charge on any atom is -0.209 e. The molecule has 98 valence electrons. The maximum Gasteiger partial charge on any atom is 0.252 e. The molecule has 1 aromatic carbocycles. The maximum absolute atomic E-state index is 12.2. The molecule has 18 heavy (non-hydrogen) atoms. The van der Waals surface area contributed by atoms with Crippen molar-refractivity contribution in [1.29, 1.82) is 5.26 Å². The van der Waals surface area contributed by atoms with E-state index >= 15 is 0 Å². The van der Waals surface area contributed by atoms with Gasteiger partial charge in [-0.3, -0.25) is 0 Å². The molecular weight excluding hydrogens is 286 g/mol. The van der Waals surface area contributed by atoms with Gasteiger partial charge >= 0.3 is 0 Å². The summed E-state index contributed by atoms with van der Waals surface area (Å²) < 4.78 is 48.7. The molecule has 0 saturated carbocycles. The van der Waals surface area contributed by atoms with E-state index in [-0.39, 0.29) is 15.5 Å². The van der Waals surface area contributed by atoms with Crippen LogP contribution in [0, 0.1) is 11.3 Å². The molecule has 0 bridgehead atoms. The summed E-state index contributed by atoms with van der Waals surface area (Å²) >= 11 is 5.73. The van der Waals surface area contributed by atoms with Crippen molar-refractivity contribution in [2.24, 2.45) is 0 Å². The van der Waals surface area contributed by atoms with Crippen LogP contribution in [0.25, 0.3) is 0 Å². The summed E-state index contributed by atoms with van der Waals surface area (Å²) in [5, 5.41) is 8.45. The summed E-state index contributed by atoms with van der Waals surface area (Å²) in [7, 11) is -3.04. The Balaban J connectivity index is 3.17. The number of nitrogens with zero attached hydrogens (tertiary/aromatic N) is 2. The van der Waals surface area contributed by atoms with Gasteiger partial charge in [0.25, 0.3) is 6.43 Å². The lowest BCUT2D eigenvalue weighted by molar-refractivity contribution is 0.126. The second-order valence-electron chi connectivity index (χ2n) is 3.43. The highest BCUT2D eigenvalue weighted by Crippen LogP contribution is 2.25. The maximum atomic E-state index is 12.2. The minimum atomic E-state index is -4.08. The number of rotatable bonds is 4. The molecule has 0 aromatic heterocycles. The van der Waals surface area contributed by atoms with Crippen molar-refractivity contribution < 1.29 is 17.2 Å². The lowest BCUT2D eigenvalue weighted by Crippen LogP contribution is -2.31. The fourth-order valence-corrected chi connectivity index (χ4v) is 2.90. The smallest absolute Gasteiger partial charge is 0.209 e. The zero-order valence-corrected chi connectivity index (χ0v) is 10.8. The first kappa shape index (κ1) is 14.8. The largest absolute Gasteiger partial charge is 0.252 e. The highest BCUT2D eigenvalue weighted by Gasteiger charge is 2.25. The predicted molar refractivity (Wildman–Crippen MR) is 62.0 cm³/mol. The second-order valence-corrected chi connectivity index (χ2v) is 5.85. The zero-order chi connectivity index (χ0) is 13.9. The van der Waals surface area contributed by atoms with Crippen molar-refractivity contribution in [2.45, 2.75) is 11.3 Å². The molecule has 0 spiro atoms. The van der Waals surface area contributed by atoms with Crippen LogP contribution in [0.2, 0.25) is 5.02 Å². The normalized spacial score (nSPS) is 11.8. The quantitative estimate of drug-likeness (QED) is 0.854. The van der Waals surface area contributed by atoms with E-state index < -0.39 is 23.0 Å². The van der Waals surface area contributed by atoms with Gasteiger partial charge in [-0.1, -0.05) is 11.6 Å². The third-order valence-electron chi connectivity index (χ3n) is 2.14. The molecule has 0 unspecified atom stereocenters. The van der Waals surface area contributed by atoms with Gasteiger partial charge in [0.2, 0.25) is 10.0 Å². The van der Waals surface area contributed by atoms with Crippen molar-refractivity contribution in [2.75, 3.05) is 13.6 Å². The number of halogens is 3. The Labute approximate surface area is 108 Å². The molecule has 8 heteroatoms. The molecule has 0 heterocycles. The number of benzene rings is 1. The number of sulfonamides is 1. The van der Waals surface area contributed by atoms with E-state index in [2.05, 4.69) is 0 Å². The molecule has 1 rings (SSSR count). The molecular formula is C10H9ClF2N2O2S. The monoisotopic (exact) mass is 294 g/mol. The average Bonchev–Trinajstić information content (AvgIpc) is 2.27. The van der Waals surface area contributed by atoms with Crippen LogP contribution in [0.15, 0.2) is 23.1 Å². The van der Waals surface area contributed by atoms with Crippen LogP contribution in [-0.2, 0) is 10.0 Å². The summed E-state index contributed by atoms with van der Waals surface area (Å²) in [5.74, 6) is 0. The number of nitriles is 1. The first-order valence-corrected chi connectivity index (χ1v) is 6.55. The standard InChI is InChI=1S/C10H9ClF2N2O2S/c1-15(6-10(12)13)18(16,17)9-3-2-7(5-14)4-8(9)11/h2-4,10H,6H2,1H3. The Morgan fingerprint density at radius 1 is 1.50 bits per heavy atom. The molecule has 0 saturated heterocycles. The number of hydrogen-bond acceptors (Lipinski definition) is 3. The van der Waals surface area contributed by atoms with Gasteiger partial charge < -0.3 is 0 Å². The van der Waals surface area contributed by atoms with E-state index in [1.807, 2.05) is 0 Å². The van der Waals surface area contributed by atoms with Gasteiger partial charge in [0, 0.05) is 7.05 Å². The van der Waals surface area contributed by atoms with Gasteiger partial charge in [0.05, 0.1) is 23.2 Å². The van der Waals surface area contributed by atoms with Crippen LogP contribution in [-0.4, -0.2) is 32.7 Å². The second kappa shape index (κ2) is 5.61. The minimum absolute atomic E-state index is 0.171. The number of hydrogen-bond donors (Lipinski definition) is 0. The Hall–Kier alpha value is -1.23. The van der Waals surface area contributed by atoms with Gasteiger partial charge in [0.15, 0.2) is 0 Å². The van der Waals surface area contributed by atoms with Gasteiger partial charge in [-0.2, -0.15) is 9.57 Å². The van der Waals surface area contributed by atoms with E-state index in [4.69, 9.17) is 16.9 Å². The summed E-state index contributed by atoms with van der Waals surface area (Å²) in [6, 6.07) is 5.35. The Bertz CT molecular complexity index is 584. The molecule has 0 aliphatic rings. The highest BCUT2D eigenvalue weighted by atomic mass is 35.5. The van der Waals surface area contributed by atoms with Crippen LogP contribution < -0.4 is 0 Å². The Morgan fingerprint density at radius 3 is 2.56 bits per heavy atom. The van der Waals surface area contributed by atoms with Crippen LogP contribution in [0.5, 0.6) is 0 Å². The molecule has 0 amide bonds. The lowest BCUT2D eigenvalue weighted by Gasteiger charge is -2.17. The summed E-state index contributed by atoms with van der Waals surface area (Å²) in [4.78, 5) is -0.300. The van der Waals surface area contributed by atoms with Gasteiger partial charge in [-0.25, -0.2) is 17.2 Å². The van der Waals surface area contributed by atoms with Crippen molar-refractivity contribution in [3.05, 3.63) is 28.8 Å². The van der Waals surface area contributed by atoms with E-state index in [0.717, 1.165) is 13.1 Å². The topological polar surface area (TPSA) is 61.2 Å². The molecule has 0 radical (unpaired) electrons. The van der Waals surface area contributed by atoms with Crippen molar-refractivity contribution >= 4 is 21.6 Å². The van der Waals surface area contributed by atoms with Gasteiger partial charge in [-0.15, -0.1) is 0 Å². The van der Waals surface area contributed by atoms with E-state index in [0.29, 0.717) is 4.31 Å². The van der Waals surface area contributed by atoms with E-state index in [9.17, 15) is 17.2 Å². The van der Waals surface area contributed by atoms with Crippen molar-refractivity contribution in [3.63, 3.8) is 0 Å². The molecule has 1 aromatic rings. The molecule has 0 aliphatic heterocycles. The summed E-state index contributed by atoms with van der Waals surface area (Å²) in [5.41, 5.74) is 0.190. The van der Waals surface area contributed by atoms with Crippen LogP contribution in [0.1, 0.15) is 5.56 Å². The summed E-state index contributed by atoms with van der Waals surface area (Å²) in [6.45, 7) is -0.918. The molecule has 0 aliphatic carbocycles. The molecule has 0 N–H and O–H groups in total. The lowest BCUT2D eigenvalue weighted by atomic mass is 10.2. The third-order valence-corrected chi connectivity index (χ3v) is 4.45. The molecule has 4 nitrogen and oxygen atoms in total. The van der Waals surface area contributed by atoms with Gasteiger partial charge in [-0.05, 0) is 18.2 Å². The Kier molecular flexibility index (Phi) is 4.62. The molecule has 0 atom stereocenters. The SMILES string of the molecule is CN(CC(F)F)S(=O)(=O)c1ccc(C#N)cc1Cl. The highest BCUT2D eigenvalue weighted by molar-refractivity contribution is 7.89. The van der Waals surface area contributed by atoms with Crippen LogP contribution >= 0.6 is 11.6 Å². The fraction of sp³-hybridized carbons (Fsp3) is 0.300. The molecule has 0 fully saturated rings. The van der Waals surface area contributed by atoms with E-state index in [1.54, 1.807) is 6.07 Å². The van der Waals surface area contributed by atoms with Gasteiger partial charge in [0.1, 0.15) is 4.90 Å². The zero-order valence-electron chi connectivity index (χ0n) is 9.27. The first-order chi connectivity index (χ1) is 8.28. The van der Waals surface area contributed by atoms with E-state index in [1.165, 1.54) is 12.1 Å². The number of alkyl halides is 2. The average molecular weight is 295 g/mol. The Morgan fingerprint density at radius 2 is 2.11 bits per heavy atom.